The number of halogens is 2. The van der Waals surface area contributed by atoms with Crippen LogP contribution in [0.5, 0.6) is 0 Å². The molecule has 0 radical (unpaired) electrons. The van der Waals surface area contributed by atoms with E-state index in [9.17, 15) is 4.79 Å². The molecule has 1 aromatic carbocycles. The normalized spacial score (nSPS) is 21.4. The Kier molecular flexibility index (Phi) is 3.03. The summed E-state index contributed by atoms with van der Waals surface area (Å²) in [5, 5.41) is 10.0. The zero-order valence-electron chi connectivity index (χ0n) is 9.77. The molecule has 1 aliphatic rings. The van der Waals surface area contributed by atoms with Crippen LogP contribution in [0.3, 0.4) is 0 Å². The Morgan fingerprint density at radius 2 is 2.05 bits per heavy atom. The van der Waals surface area contributed by atoms with E-state index >= 15 is 0 Å². The Morgan fingerprint density at radius 1 is 1.26 bits per heavy atom. The maximum atomic E-state index is 10.8. The van der Waals surface area contributed by atoms with Gasteiger partial charge in [-0.3, -0.25) is 4.79 Å². The molecule has 1 N–H and O–H groups in total. The van der Waals surface area contributed by atoms with Crippen molar-refractivity contribution in [3.05, 3.63) is 46.1 Å². The molecule has 3 rings (SSSR count). The molecule has 98 valence electrons. The minimum atomic E-state index is -0.774. The number of hydrogen-bond donors (Lipinski definition) is 1. The molecule has 0 spiro atoms. The smallest absolute Gasteiger partial charge is 0.307 e. The summed E-state index contributed by atoms with van der Waals surface area (Å²) in [6.07, 6.45) is 0.631. The SMILES string of the molecule is O=C(O)[C@@H]1C[C@@H]1c1ccc(-c2cc(Cl)ccc2Cl)o1. The first-order chi connectivity index (χ1) is 9.06. The van der Waals surface area contributed by atoms with Gasteiger partial charge in [-0.25, -0.2) is 0 Å². The van der Waals surface area contributed by atoms with E-state index in [1.807, 2.05) is 0 Å². The summed E-state index contributed by atoms with van der Waals surface area (Å²) in [6.45, 7) is 0. The molecule has 1 saturated carbocycles. The van der Waals surface area contributed by atoms with Crippen molar-refractivity contribution in [2.45, 2.75) is 12.3 Å². The van der Waals surface area contributed by atoms with Gasteiger partial charge in [-0.15, -0.1) is 0 Å². The zero-order valence-corrected chi connectivity index (χ0v) is 11.3. The number of furan rings is 1. The van der Waals surface area contributed by atoms with Crippen LogP contribution in [-0.2, 0) is 4.79 Å². The topological polar surface area (TPSA) is 50.4 Å². The van der Waals surface area contributed by atoms with Crippen LogP contribution < -0.4 is 0 Å². The number of carboxylic acids is 1. The molecule has 0 saturated heterocycles. The third-order valence-electron chi connectivity index (χ3n) is 3.29. The van der Waals surface area contributed by atoms with Crippen LogP contribution in [-0.4, -0.2) is 11.1 Å². The molecule has 3 nitrogen and oxygen atoms in total. The lowest BCUT2D eigenvalue weighted by Gasteiger charge is -2.01. The van der Waals surface area contributed by atoms with E-state index in [0.29, 0.717) is 33.6 Å². The molecule has 1 aromatic heterocycles. The highest BCUT2D eigenvalue weighted by atomic mass is 35.5. The number of rotatable bonds is 3. The standard InChI is InChI=1S/C14H10Cl2O3/c15-7-1-2-11(16)10(5-7)13-4-3-12(19-13)8-6-9(8)14(17)18/h1-5,8-9H,6H2,(H,17,18)/t8-,9+/m0/s1. The molecular weight excluding hydrogens is 287 g/mol. The van der Waals surface area contributed by atoms with Gasteiger partial charge in [0.2, 0.25) is 0 Å². The van der Waals surface area contributed by atoms with Crippen molar-refractivity contribution in [1.82, 2.24) is 0 Å². The summed E-state index contributed by atoms with van der Waals surface area (Å²) in [6, 6.07) is 8.75. The first-order valence-electron chi connectivity index (χ1n) is 5.84. The number of carbonyl (C=O) groups is 1. The quantitative estimate of drug-likeness (QED) is 0.911. The van der Waals surface area contributed by atoms with Gasteiger partial charge in [0, 0.05) is 16.5 Å². The van der Waals surface area contributed by atoms with Gasteiger partial charge in [-0.2, -0.15) is 0 Å². The van der Waals surface area contributed by atoms with Crippen LogP contribution in [0, 0.1) is 5.92 Å². The van der Waals surface area contributed by atoms with Crippen molar-refractivity contribution in [2.24, 2.45) is 5.92 Å². The maximum absolute atomic E-state index is 10.8. The van der Waals surface area contributed by atoms with Crippen molar-refractivity contribution in [2.75, 3.05) is 0 Å². The molecule has 5 heteroatoms. The average Bonchev–Trinajstić information content (AvgIpc) is 3.04. The lowest BCUT2D eigenvalue weighted by molar-refractivity contribution is -0.138. The second-order valence-corrected chi connectivity index (χ2v) is 5.46. The Hall–Kier alpha value is -1.45. The molecule has 1 fully saturated rings. The summed E-state index contributed by atoms with van der Waals surface area (Å²) >= 11 is 12.0. The predicted octanol–water partition coefficient (Wildman–Crippen LogP) is 4.44. The first-order valence-corrected chi connectivity index (χ1v) is 6.60. The van der Waals surface area contributed by atoms with Crippen molar-refractivity contribution in [1.29, 1.82) is 0 Å². The van der Waals surface area contributed by atoms with Crippen LogP contribution in [0.25, 0.3) is 11.3 Å². The third-order valence-corrected chi connectivity index (χ3v) is 3.86. The van der Waals surface area contributed by atoms with Crippen molar-refractivity contribution in [3.63, 3.8) is 0 Å². The van der Waals surface area contributed by atoms with Crippen LogP contribution in [0.1, 0.15) is 18.1 Å². The zero-order chi connectivity index (χ0) is 13.6. The number of benzene rings is 1. The van der Waals surface area contributed by atoms with Crippen LogP contribution in [0.4, 0.5) is 0 Å². The number of carboxylic acid groups (broad SMARTS) is 1. The Morgan fingerprint density at radius 3 is 2.74 bits per heavy atom. The minimum absolute atomic E-state index is 0.0239. The molecule has 0 amide bonds. The molecule has 0 bridgehead atoms. The van der Waals surface area contributed by atoms with E-state index in [0.717, 1.165) is 0 Å². The highest BCUT2D eigenvalue weighted by Gasteiger charge is 2.46. The molecule has 2 atom stereocenters. The van der Waals surface area contributed by atoms with E-state index in [4.69, 9.17) is 32.7 Å². The van der Waals surface area contributed by atoms with E-state index in [-0.39, 0.29) is 11.8 Å². The van der Waals surface area contributed by atoms with Crippen LogP contribution in [0.15, 0.2) is 34.7 Å². The average molecular weight is 297 g/mol. The lowest BCUT2D eigenvalue weighted by atomic mass is 10.2. The van der Waals surface area contributed by atoms with Gasteiger partial charge < -0.3 is 9.52 Å². The highest BCUT2D eigenvalue weighted by Crippen LogP contribution is 2.49. The minimum Gasteiger partial charge on any atom is -0.481 e. The fourth-order valence-corrected chi connectivity index (χ4v) is 2.55. The fourth-order valence-electron chi connectivity index (χ4n) is 2.17. The molecule has 1 aliphatic carbocycles. The highest BCUT2D eigenvalue weighted by molar-refractivity contribution is 6.35. The Labute approximate surface area is 119 Å². The Bertz CT molecular complexity index is 648. The Balaban J connectivity index is 1.90. The monoisotopic (exact) mass is 296 g/mol. The van der Waals surface area contributed by atoms with Gasteiger partial charge in [0.1, 0.15) is 11.5 Å². The summed E-state index contributed by atoms with van der Waals surface area (Å²) in [5.41, 5.74) is 0.716. The first kappa shape index (κ1) is 12.6. The lowest BCUT2D eigenvalue weighted by Crippen LogP contribution is -1.98. The van der Waals surface area contributed by atoms with Gasteiger partial charge in [-0.1, -0.05) is 23.2 Å². The van der Waals surface area contributed by atoms with Gasteiger partial charge >= 0.3 is 5.97 Å². The van der Waals surface area contributed by atoms with Gasteiger partial charge in [0.15, 0.2) is 0 Å². The maximum Gasteiger partial charge on any atom is 0.307 e. The third kappa shape index (κ3) is 2.36. The van der Waals surface area contributed by atoms with Crippen LogP contribution >= 0.6 is 23.2 Å². The van der Waals surface area contributed by atoms with E-state index in [1.165, 1.54) is 0 Å². The summed E-state index contributed by atoms with van der Waals surface area (Å²) < 4.78 is 5.70. The van der Waals surface area contributed by atoms with Crippen molar-refractivity contribution >= 4 is 29.2 Å². The van der Waals surface area contributed by atoms with E-state index < -0.39 is 5.97 Å². The molecule has 0 unspecified atom stereocenters. The summed E-state index contributed by atoms with van der Waals surface area (Å²) in [7, 11) is 0. The summed E-state index contributed by atoms with van der Waals surface area (Å²) in [4.78, 5) is 10.8. The van der Waals surface area contributed by atoms with Gasteiger partial charge in [-0.05, 0) is 36.8 Å². The van der Waals surface area contributed by atoms with Crippen molar-refractivity contribution < 1.29 is 14.3 Å². The molecule has 2 aromatic rings. The van der Waals surface area contributed by atoms with Crippen LogP contribution in [0.2, 0.25) is 10.0 Å². The number of aliphatic carboxylic acids is 1. The van der Waals surface area contributed by atoms with E-state index in [2.05, 4.69) is 0 Å². The largest absolute Gasteiger partial charge is 0.481 e. The molecule has 19 heavy (non-hydrogen) atoms. The molecular formula is C14H10Cl2O3. The second kappa shape index (κ2) is 4.58. The summed E-state index contributed by atoms with van der Waals surface area (Å²) in [5.74, 6) is 0.179. The number of hydrogen-bond acceptors (Lipinski definition) is 2. The van der Waals surface area contributed by atoms with Crippen molar-refractivity contribution in [3.8, 4) is 11.3 Å². The molecule has 1 heterocycles. The second-order valence-electron chi connectivity index (χ2n) is 4.61. The van der Waals surface area contributed by atoms with Gasteiger partial charge in [0.25, 0.3) is 0 Å². The van der Waals surface area contributed by atoms with E-state index in [1.54, 1.807) is 30.3 Å². The fraction of sp³-hybridized carbons (Fsp3) is 0.214. The van der Waals surface area contributed by atoms with Gasteiger partial charge in [0.05, 0.1) is 10.9 Å². The predicted molar refractivity (Wildman–Crippen MR) is 72.6 cm³/mol. The molecule has 0 aliphatic heterocycles.